The van der Waals surface area contributed by atoms with Crippen molar-refractivity contribution in [2.75, 3.05) is 6.61 Å². The molecule has 5 heteroatoms. The number of carboxylic acid groups (broad SMARTS) is 1. The molecule has 0 aliphatic carbocycles. The van der Waals surface area contributed by atoms with Crippen LogP contribution in [0.25, 0.3) is 0 Å². The van der Waals surface area contributed by atoms with Crippen LogP contribution in [0, 0.1) is 11.8 Å². The molecule has 2 aliphatic heterocycles. The van der Waals surface area contributed by atoms with Crippen molar-refractivity contribution in [3.8, 4) is 5.75 Å². The molecule has 2 N–H and O–H groups in total. The molecule has 0 spiro atoms. The van der Waals surface area contributed by atoms with Crippen molar-refractivity contribution in [2.45, 2.75) is 44.0 Å². The minimum atomic E-state index is -0.900. The van der Waals surface area contributed by atoms with Crippen LogP contribution < -0.4 is 4.74 Å². The summed E-state index contributed by atoms with van der Waals surface area (Å²) >= 11 is 0. The zero-order valence-electron chi connectivity index (χ0n) is 16.9. The Bertz CT molecular complexity index is 861. The van der Waals surface area contributed by atoms with E-state index in [1.165, 1.54) is 0 Å². The number of para-hydroxylation sites is 1. The number of carboxylic acids is 1. The van der Waals surface area contributed by atoms with Gasteiger partial charge in [0.05, 0.1) is 17.8 Å². The fourth-order valence-electron chi connectivity index (χ4n) is 4.61. The van der Waals surface area contributed by atoms with Crippen LogP contribution in [0.4, 0.5) is 0 Å². The van der Waals surface area contributed by atoms with Gasteiger partial charge in [-0.1, -0.05) is 42.5 Å². The van der Waals surface area contributed by atoms with E-state index in [-0.39, 0.29) is 18.8 Å². The van der Waals surface area contributed by atoms with Crippen molar-refractivity contribution in [2.24, 2.45) is 11.8 Å². The number of aryl methyl sites for hydroxylation is 1. The molecule has 0 aromatic heterocycles. The fraction of sp³-hybridized carbons (Fsp3) is 0.400. The monoisotopic (exact) mass is 408 g/mol. The van der Waals surface area contributed by atoms with Crippen molar-refractivity contribution in [3.63, 3.8) is 0 Å². The highest BCUT2D eigenvalue weighted by Crippen LogP contribution is 2.46. The highest BCUT2D eigenvalue weighted by atomic mass is 16.5. The van der Waals surface area contributed by atoms with Crippen LogP contribution in [0.1, 0.15) is 35.2 Å². The van der Waals surface area contributed by atoms with E-state index in [1.54, 1.807) is 12.1 Å². The molecule has 5 atom stereocenters. The summed E-state index contributed by atoms with van der Waals surface area (Å²) in [5.74, 6) is 0.567. The summed E-state index contributed by atoms with van der Waals surface area (Å²) in [6, 6.07) is 16.6. The van der Waals surface area contributed by atoms with E-state index >= 15 is 0 Å². The molecule has 5 nitrogen and oxygen atoms in total. The number of benzene rings is 2. The van der Waals surface area contributed by atoms with Gasteiger partial charge in [0, 0.05) is 5.92 Å². The Morgan fingerprint density at radius 1 is 1.10 bits per heavy atom. The van der Waals surface area contributed by atoms with Crippen molar-refractivity contribution in [3.05, 3.63) is 77.9 Å². The van der Waals surface area contributed by atoms with Crippen molar-refractivity contribution in [1.82, 2.24) is 0 Å². The smallest absolute Gasteiger partial charge is 0.335 e. The maximum Gasteiger partial charge on any atom is 0.335 e. The van der Waals surface area contributed by atoms with Crippen LogP contribution in [-0.2, 0) is 11.2 Å². The lowest BCUT2D eigenvalue weighted by Crippen LogP contribution is -2.27. The minimum absolute atomic E-state index is 0.225. The zero-order valence-corrected chi connectivity index (χ0v) is 16.9. The quantitative estimate of drug-likeness (QED) is 0.611. The predicted octanol–water partition coefficient (Wildman–Crippen LogP) is 4.11. The number of fused-ring (bicyclic) bond motifs is 2. The molecule has 2 fully saturated rings. The van der Waals surface area contributed by atoms with E-state index in [0.29, 0.717) is 17.4 Å². The molecule has 158 valence electrons. The fourth-order valence-corrected chi connectivity index (χ4v) is 4.61. The third-order valence-electron chi connectivity index (χ3n) is 6.17. The Labute approximate surface area is 177 Å². The number of carbonyl (C=O) groups is 1. The van der Waals surface area contributed by atoms with Crippen LogP contribution in [-0.4, -0.2) is 41.1 Å². The molecule has 2 bridgehead atoms. The highest BCUT2D eigenvalue weighted by Gasteiger charge is 2.47. The molecule has 0 radical (unpaired) electrons. The van der Waals surface area contributed by atoms with Gasteiger partial charge in [-0.3, -0.25) is 0 Å². The lowest BCUT2D eigenvalue weighted by molar-refractivity contribution is 0.0697. The van der Waals surface area contributed by atoms with Crippen LogP contribution in [0.3, 0.4) is 0 Å². The maximum atomic E-state index is 11.0. The first-order valence-corrected chi connectivity index (χ1v) is 10.6. The number of aliphatic hydroxyl groups is 1. The van der Waals surface area contributed by atoms with E-state index in [2.05, 4.69) is 6.08 Å². The lowest BCUT2D eigenvalue weighted by Gasteiger charge is -2.26. The second-order valence-corrected chi connectivity index (χ2v) is 8.15. The first-order chi connectivity index (χ1) is 14.6. The van der Waals surface area contributed by atoms with Gasteiger partial charge in [0.2, 0.25) is 0 Å². The van der Waals surface area contributed by atoms with E-state index in [0.717, 1.165) is 37.0 Å². The Hall–Kier alpha value is -2.63. The van der Waals surface area contributed by atoms with Crippen LogP contribution >= 0.6 is 0 Å². The third-order valence-corrected chi connectivity index (χ3v) is 6.17. The summed E-state index contributed by atoms with van der Waals surface area (Å²) in [5, 5.41) is 19.3. The van der Waals surface area contributed by atoms with Gasteiger partial charge in [0.25, 0.3) is 0 Å². The van der Waals surface area contributed by atoms with E-state index < -0.39 is 12.1 Å². The van der Waals surface area contributed by atoms with Crippen molar-refractivity contribution in [1.29, 1.82) is 0 Å². The van der Waals surface area contributed by atoms with Crippen LogP contribution in [0.15, 0.2) is 66.7 Å². The number of hydrogen-bond donors (Lipinski definition) is 2. The Morgan fingerprint density at radius 2 is 1.83 bits per heavy atom. The molecular weight excluding hydrogens is 380 g/mol. The minimum Gasteiger partial charge on any atom is -0.491 e. The Morgan fingerprint density at radius 3 is 2.57 bits per heavy atom. The molecule has 2 aliphatic rings. The first-order valence-electron chi connectivity index (χ1n) is 10.6. The molecule has 30 heavy (non-hydrogen) atoms. The number of hydrogen-bond acceptors (Lipinski definition) is 4. The SMILES string of the molecule is O=C(O)c1ccc(CC[C@@H]2[C@H](C=CC(O)COc3ccccc3)[C@@H]3CC[C@H]2O3)cc1. The summed E-state index contributed by atoms with van der Waals surface area (Å²) in [5.41, 5.74) is 1.45. The summed E-state index contributed by atoms with van der Waals surface area (Å²) in [6.45, 7) is 0.225. The largest absolute Gasteiger partial charge is 0.491 e. The summed E-state index contributed by atoms with van der Waals surface area (Å²) in [6.07, 6.45) is 7.84. The zero-order chi connectivity index (χ0) is 20.9. The number of aliphatic hydroxyl groups excluding tert-OH is 1. The van der Waals surface area contributed by atoms with Gasteiger partial charge in [-0.25, -0.2) is 4.79 Å². The number of aromatic carboxylic acids is 1. The predicted molar refractivity (Wildman–Crippen MR) is 114 cm³/mol. The second kappa shape index (κ2) is 9.45. The van der Waals surface area contributed by atoms with Gasteiger partial charge in [-0.05, 0) is 61.4 Å². The van der Waals surface area contributed by atoms with Gasteiger partial charge in [0.15, 0.2) is 0 Å². The van der Waals surface area contributed by atoms with Crippen LogP contribution in [0.2, 0.25) is 0 Å². The molecular formula is C25H28O5. The Kier molecular flexibility index (Phi) is 6.50. The maximum absolute atomic E-state index is 11.0. The summed E-state index contributed by atoms with van der Waals surface area (Å²) < 4.78 is 11.8. The molecule has 0 amide bonds. The summed E-state index contributed by atoms with van der Waals surface area (Å²) in [4.78, 5) is 11.0. The Balaban J connectivity index is 1.32. The lowest BCUT2D eigenvalue weighted by atomic mass is 9.76. The molecule has 0 saturated carbocycles. The van der Waals surface area contributed by atoms with Gasteiger partial charge < -0.3 is 19.7 Å². The van der Waals surface area contributed by atoms with E-state index in [9.17, 15) is 9.90 Å². The topological polar surface area (TPSA) is 76.0 Å². The molecule has 2 aromatic rings. The van der Waals surface area contributed by atoms with Crippen molar-refractivity contribution < 1.29 is 24.5 Å². The average molecular weight is 408 g/mol. The normalized spacial score (nSPS) is 26.2. The van der Waals surface area contributed by atoms with Crippen molar-refractivity contribution >= 4 is 5.97 Å². The van der Waals surface area contributed by atoms with Gasteiger partial charge in [-0.2, -0.15) is 0 Å². The second-order valence-electron chi connectivity index (χ2n) is 8.15. The van der Waals surface area contributed by atoms with Crippen LogP contribution in [0.5, 0.6) is 5.75 Å². The average Bonchev–Trinajstić information content (AvgIpc) is 3.37. The van der Waals surface area contributed by atoms with Gasteiger partial charge >= 0.3 is 5.97 Å². The summed E-state index contributed by atoms with van der Waals surface area (Å²) in [7, 11) is 0. The molecule has 2 heterocycles. The molecule has 1 unspecified atom stereocenters. The van der Waals surface area contributed by atoms with Gasteiger partial charge in [-0.15, -0.1) is 0 Å². The molecule has 2 aromatic carbocycles. The van der Waals surface area contributed by atoms with E-state index in [4.69, 9.17) is 14.6 Å². The highest BCUT2D eigenvalue weighted by molar-refractivity contribution is 5.87. The third kappa shape index (κ3) is 4.91. The molecule has 2 saturated heterocycles. The number of rotatable bonds is 9. The number of ether oxygens (including phenoxy) is 2. The van der Waals surface area contributed by atoms with E-state index in [1.807, 2.05) is 48.5 Å². The first kappa shape index (κ1) is 20.6. The standard InChI is InChI=1S/C25H28O5/c26-19(16-29-20-4-2-1-3-5-20)11-13-22-21(23-14-15-24(22)30-23)12-8-17-6-9-18(10-7-17)25(27)28/h1-7,9-11,13,19,21-24,26H,8,12,14-16H2,(H,27,28)/t19?,21-,22+,23-,24+/m1/s1. The van der Waals surface area contributed by atoms with Gasteiger partial charge in [0.1, 0.15) is 18.5 Å². The molecule has 4 rings (SSSR count).